The molecular formula is C13H14Cl2FNO3S. The van der Waals surface area contributed by atoms with E-state index >= 15 is 0 Å². The summed E-state index contributed by atoms with van der Waals surface area (Å²) in [7, 11) is 1.07. The van der Waals surface area contributed by atoms with Crippen LogP contribution in [0.1, 0.15) is 30.1 Å². The van der Waals surface area contributed by atoms with Crippen LogP contribution in [0, 0.1) is 11.7 Å². The monoisotopic (exact) mass is 353 g/mol. The largest absolute Gasteiger partial charge is 0.339 e. The number of hydrogen-bond acceptors (Lipinski definition) is 3. The second kappa shape index (κ2) is 6.10. The number of carbonyl (C=O) groups excluding carboxylic acids is 1. The number of amides is 1. The summed E-state index contributed by atoms with van der Waals surface area (Å²) < 4.78 is 36.4. The van der Waals surface area contributed by atoms with Gasteiger partial charge in [-0.25, -0.2) is 12.8 Å². The number of nitrogens with zero attached hydrogens (tertiary/aromatic N) is 1. The third kappa shape index (κ3) is 3.87. The molecule has 0 saturated heterocycles. The Kier molecular flexibility index (Phi) is 4.80. The molecule has 0 aliphatic heterocycles. The summed E-state index contributed by atoms with van der Waals surface area (Å²) in [5.41, 5.74) is -0.182. The molecule has 1 fully saturated rings. The third-order valence-electron chi connectivity index (χ3n) is 3.36. The molecule has 0 spiro atoms. The minimum Gasteiger partial charge on any atom is -0.339 e. The molecule has 116 valence electrons. The van der Waals surface area contributed by atoms with Crippen LogP contribution in [0.15, 0.2) is 17.0 Å². The second-order valence-electron chi connectivity index (χ2n) is 4.99. The van der Waals surface area contributed by atoms with Crippen LogP contribution in [0.25, 0.3) is 0 Å². The highest BCUT2D eigenvalue weighted by atomic mass is 35.7. The molecule has 0 N–H and O–H groups in total. The molecule has 0 unspecified atom stereocenters. The van der Waals surface area contributed by atoms with Crippen LogP contribution in [0.4, 0.5) is 4.39 Å². The van der Waals surface area contributed by atoms with Crippen molar-refractivity contribution in [1.29, 1.82) is 0 Å². The van der Waals surface area contributed by atoms with Gasteiger partial charge in [0, 0.05) is 23.8 Å². The molecule has 0 aromatic heterocycles. The number of rotatable bonds is 5. The van der Waals surface area contributed by atoms with Crippen LogP contribution in [0.2, 0.25) is 5.02 Å². The summed E-state index contributed by atoms with van der Waals surface area (Å²) in [4.78, 5) is 13.5. The van der Waals surface area contributed by atoms with Gasteiger partial charge in [0.15, 0.2) is 0 Å². The average molecular weight is 354 g/mol. The first-order valence-corrected chi connectivity index (χ1v) is 9.15. The summed E-state index contributed by atoms with van der Waals surface area (Å²) in [6, 6.07) is 1.73. The SMILES string of the molecule is CCN(CC1CC1)C(=O)c1cc(S(=O)(=O)Cl)cc(F)c1Cl. The molecule has 1 saturated carbocycles. The molecule has 4 nitrogen and oxygen atoms in total. The highest BCUT2D eigenvalue weighted by molar-refractivity contribution is 8.13. The van der Waals surface area contributed by atoms with Crippen LogP contribution in [-0.4, -0.2) is 32.3 Å². The van der Waals surface area contributed by atoms with Crippen molar-refractivity contribution in [3.8, 4) is 0 Å². The maximum atomic E-state index is 13.7. The van der Waals surface area contributed by atoms with Gasteiger partial charge in [0.1, 0.15) is 5.82 Å². The van der Waals surface area contributed by atoms with Crippen molar-refractivity contribution < 1.29 is 17.6 Å². The van der Waals surface area contributed by atoms with Crippen molar-refractivity contribution in [2.45, 2.75) is 24.7 Å². The number of carbonyl (C=O) groups is 1. The van der Waals surface area contributed by atoms with Crippen molar-refractivity contribution in [3.63, 3.8) is 0 Å². The topological polar surface area (TPSA) is 54.5 Å². The molecule has 0 bridgehead atoms. The lowest BCUT2D eigenvalue weighted by molar-refractivity contribution is 0.0756. The Morgan fingerprint density at radius 2 is 2.05 bits per heavy atom. The van der Waals surface area contributed by atoms with E-state index in [4.69, 9.17) is 22.3 Å². The van der Waals surface area contributed by atoms with Gasteiger partial charge in [-0.3, -0.25) is 4.79 Å². The molecule has 1 amide bonds. The van der Waals surface area contributed by atoms with E-state index in [1.54, 1.807) is 6.92 Å². The number of hydrogen-bond donors (Lipinski definition) is 0. The van der Waals surface area contributed by atoms with Gasteiger partial charge in [0.05, 0.1) is 15.5 Å². The molecule has 21 heavy (non-hydrogen) atoms. The van der Waals surface area contributed by atoms with Gasteiger partial charge >= 0.3 is 0 Å². The van der Waals surface area contributed by atoms with Gasteiger partial charge in [0.2, 0.25) is 0 Å². The molecule has 2 rings (SSSR count). The molecule has 0 atom stereocenters. The molecule has 1 aromatic rings. The van der Waals surface area contributed by atoms with Gasteiger partial charge in [-0.05, 0) is 37.8 Å². The van der Waals surface area contributed by atoms with Crippen molar-refractivity contribution in [3.05, 3.63) is 28.5 Å². The average Bonchev–Trinajstić information content (AvgIpc) is 3.21. The third-order valence-corrected chi connectivity index (χ3v) is 5.08. The summed E-state index contributed by atoms with van der Waals surface area (Å²) in [5, 5.41) is -0.390. The van der Waals surface area contributed by atoms with Gasteiger partial charge < -0.3 is 4.90 Å². The van der Waals surface area contributed by atoms with Gasteiger partial charge in [-0.1, -0.05) is 11.6 Å². The van der Waals surface area contributed by atoms with Crippen LogP contribution in [-0.2, 0) is 9.05 Å². The maximum absolute atomic E-state index is 13.7. The van der Waals surface area contributed by atoms with Crippen molar-refractivity contribution in [1.82, 2.24) is 4.90 Å². The highest BCUT2D eigenvalue weighted by Crippen LogP contribution is 2.31. The van der Waals surface area contributed by atoms with E-state index in [9.17, 15) is 17.6 Å². The lowest BCUT2D eigenvalue weighted by atomic mass is 10.1. The molecule has 0 radical (unpaired) electrons. The van der Waals surface area contributed by atoms with Crippen LogP contribution in [0.5, 0.6) is 0 Å². The Morgan fingerprint density at radius 1 is 1.43 bits per heavy atom. The van der Waals surface area contributed by atoms with E-state index in [-0.39, 0.29) is 5.56 Å². The minimum atomic E-state index is -4.14. The summed E-state index contributed by atoms with van der Waals surface area (Å²) in [6.45, 7) is 2.79. The Labute approximate surface area is 132 Å². The molecule has 0 heterocycles. The molecule has 8 heteroatoms. The van der Waals surface area contributed by atoms with E-state index in [2.05, 4.69) is 0 Å². The lowest BCUT2D eigenvalue weighted by Crippen LogP contribution is -2.33. The Morgan fingerprint density at radius 3 is 2.52 bits per heavy atom. The van der Waals surface area contributed by atoms with Gasteiger partial charge in [-0.15, -0.1) is 0 Å². The predicted molar refractivity (Wildman–Crippen MR) is 78.8 cm³/mol. The van der Waals surface area contributed by atoms with Crippen molar-refractivity contribution in [2.24, 2.45) is 5.92 Å². The molecule has 1 aromatic carbocycles. The first kappa shape index (κ1) is 16.5. The van der Waals surface area contributed by atoms with E-state index in [0.717, 1.165) is 18.9 Å². The van der Waals surface area contributed by atoms with Gasteiger partial charge in [0.25, 0.3) is 15.0 Å². The van der Waals surface area contributed by atoms with E-state index < -0.39 is 30.7 Å². The van der Waals surface area contributed by atoms with Crippen LogP contribution in [0.3, 0.4) is 0 Å². The zero-order valence-electron chi connectivity index (χ0n) is 11.3. The van der Waals surface area contributed by atoms with E-state index in [1.807, 2.05) is 0 Å². The fourth-order valence-corrected chi connectivity index (χ4v) is 2.96. The summed E-state index contributed by atoms with van der Waals surface area (Å²) >= 11 is 5.80. The second-order valence-corrected chi connectivity index (χ2v) is 7.94. The predicted octanol–water partition coefficient (Wildman–Crippen LogP) is 3.28. The zero-order valence-corrected chi connectivity index (χ0v) is 13.6. The first-order chi connectivity index (χ1) is 9.74. The zero-order chi connectivity index (χ0) is 15.8. The smallest absolute Gasteiger partial charge is 0.261 e. The fourth-order valence-electron chi connectivity index (χ4n) is 2.00. The summed E-state index contributed by atoms with van der Waals surface area (Å²) in [6.07, 6.45) is 2.12. The molecule has 1 aliphatic rings. The standard InChI is InChI=1S/C13H14Cl2FNO3S/c1-2-17(7-8-3-4-8)13(18)10-5-9(21(15,19)20)6-11(16)12(10)14/h5-6,8H,2-4,7H2,1H3. The maximum Gasteiger partial charge on any atom is 0.261 e. The number of halogens is 3. The van der Waals surface area contributed by atoms with E-state index in [1.165, 1.54) is 4.90 Å². The van der Waals surface area contributed by atoms with Crippen molar-refractivity contribution >= 4 is 37.2 Å². The Balaban J connectivity index is 2.41. The molecular weight excluding hydrogens is 340 g/mol. The Bertz CT molecular complexity index is 674. The van der Waals surface area contributed by atoms with E-state index in [0.29, 0.717) is 25.1 Å². The normalized spacial score (nSPS) is 15.0. The Hall–Kier alpha value is -0.850. The van der Waals surface area contributed by atoms with Crippen LogP contribution < -0.4 is 0 Å². The molecule has 1 aliphatic carbocycles. The first-order valence-electron chi connectivity index (χ1n) is 6.47. The number of benzene rings is 1. The minimum absolute atomic E-state index is 0.182. The lowest BCUT2D eigenvalue weighted by Gasteiger charge is -2.21. The van der Waals surface area contributed by atoms with Crippen LogP contribution >= 0.6 is 22.3 Å². The fraction of sp³-hybridized carbons (Fsp3) is 0.462. The summed E-state index contributed by atoms with van der Waals surface area (Å²) in [5.74, 6) is -1.02. The highest BCUT2D eigenvalue weighted by Gasteiger charge is 2.29. The quantitative estimate of drug-likeness (QED) is 0.763. The van der Waals surface area contributed by atoms with Gasteiger partial charge in [-0.2, -0.15) is 0 Å². The van der Waals surface area contributed by atoms with Crippen molar-refractivity contribution in [2.75, 3.05) is 13.1 Å².